The molecule has 0 aromatic rings. The summed E-state index contributed by atoms with van der Waals surface area (Å²) >= 11 is 0. The number of ketones is 1. The summed E-state index contributed by atoms with van der Waals surface area (Å²) in [5.74, 6) is -0.171. The molecule has 0 bridgehead atoms. The van der Waals surface area contributed by atoms with Gasteiger partial charge in [-0.15, -0.1) is 0 Å². The number of rotatable bonds is 16. The van der Waals surface area contributed by atoms with E-state index in [-0.39, 0.29) is 48.3 Å². The van der Waals surface area contributed by atoms with Crippen molar-refractivity contribution in [1.29, 1.82) is 0 Å². The zero-order valence-corrected chi connectivity index (χ0v) is 18.4. The molecule has 0 saturated heterocycles. The van der Waals surface area contributed by atoms with Gasteiger partial charge in [0.25, 0.3) is 0 Å². The van der Waals surface area contributed by atoms with Crippen LogP contribution in [-0.2, 0) is 14.9 Å². The molecular formula is C17H34NNaO4S. The number of hydrogen-bond acceptors (Lipinski definition) is 5. The Kier molecular flexibility index (Phi) is 18.9. The van der Waals surface area contributed by atoms with Gasteiger partial charge >= 0.3 is 29.6 Å². The van der Waals surface area contributed by atoms with Crippen molar-refractivity contribution in [2.24, 2.45) is 5.73 Å². The van der Waals surface area contributed by atoms with E-state index in [4.69, 9.17) is 5.73 Å². The van der Waals surface area contributed by atoms with Gasteiger partial charge in [0.2, 0.25) is 0 Å². The maximum atomic E-state index is 11.7. The minimum absolute atomic E-state index is 0. The molecule has 0 spiro atoms. The predicted octanol–water partition coefficient (Wildman–Crippen LogP) is 0.523. The Morgan fingerprint density at radius 3 is 1.71 bits per heavy atom. The molecule has 138 valence electrons. The number of hydrogen-bond donors (Lipinski definition) is 1. The number of carbonyl (C=O) groups is 1. The van der Waals surface area contributed by atoms with Gasteiger partial charge in [-0.05, 0) is 6.42 Å². The summed E-state index contributed by atoms with van der Waals surface area (Å²) in [6, 6.07) is 0. The maximum absolute atomic E-state index is 11.7. The summed E-state index contributed by atoms with van der Waals surface area (Å²) < 4.78 is 32.6. The third-order valence-electron chi connectivity index (χ3n) is 4.19. The molecular weight excluding hydrogens is 337 g/mol. The largest absolute Gasteiger partial charge is 1.00 e. The van der Waals surface area contributed by atoms with E-state index in [1.54, 1.807) is 0 Å². The quantitative estimate of drug-likeness (QED) is 0.242. The van der Waals surface area contributed by atoms with Gasteiger partial charge in [-0.25, -0.2) is 8.42 Å². The Hall–Kier alpha value is 0.540. The zero-order chi connectivity index (χ0) is 17.6. The number of Topliss-reactive ketones (excluding diaryl/α,β-unsaturated/α-hetero) is 1. The fourth-order valence-corrected chi connectivity index (χ4v) is 3.27. The van der Waals surface area contributed by atoms with E-state index in [1.807, 2.05) is 0 Å². The van der Waals surface area contributed by atoms with E-state index in [0.717, 1.165) is 19.3 Å². The molecule has 0 fully saturated rings. The summed E-state index contributed by atoms with van der Waals surface area (Å²) in [6.07, 6.45) is 13.4. The molecule has 0 amide bonds. The van der Waals surface area contributed by atoms with Crippen molar-refractivity contribution in [3.8, 4) is 0 Å². The van der Waals surface area contributed by atoms with Gasteiger partial charge in [0.05, 0.1) is 15.4 Å². The average Bonchev–Trinajstić information content (AvgIpc) is 2.49. The molecule has 7 heteroatoms. The second-order valence-electron chi connectivity index (χ2n) is 6.38. The fourth-order valence-electron chi connectivity index (χ4n) is 2.65. The Morgan fingerprint density at radius 2 is 1.33 bits per heavy atom. The summed E-state index contributed by atoms with van der Waals surface area (Å²) in [7, 11) is -4.46. The molecule has 0 radical (unpaired) electrons. The second kappa shape index (κ2) is 17.0. The second-order valence-corrected chi connectivity index (χ2v) is 8.03. The van der Waals surface area contributed by atoms with Crippen molar-refractivity contribution >= 4 is 15.9 Å². The molecule has 0 heterocycles. The average molecular weight is 372 g/mol. The minimum atomic E-state index is -4.46. The Balaban J connectivity index is 0. The summed E-state index contributed by atoms with van der Waals surface area (Å²) in [5.41, 5.74) is 5.24. The molecule has 0 aromatic carbocycles. The third-order valence-corrected chi connectivity index (χ3v) is 5.36. The van der Waals surface area contributed by atoms with Crippen molar-refractivity contribution in [2.45, 2.75) is 95.6 Å². The monoisotopic (exact) mass is 371 g/mol. The zero-order valence-electron chi connectivity index (χ0n) is 15.6. The van der Waals surface area contributed by atoms with Gasteiger partial charge in [-0.3, -0.25) is 4.79 Å². The summed E-state index contributed by atoms with van der Waals surface area (Å²) in [4.78, 5) is 11.7. The molecule has 1 atom stereocenters. The van der Waals surface area contributed by atoms with Crippen molar-refractivity contribution < 1.29 is 47.3 Å². The maximum Gasteiger partial charge on any atom is 1.00 e. The van der Waals surface area contributed by atoms with Crippen LogP contribution in [0.4, 0.5) is 0 Å². The fraction of sp³-hybridized carbons (Fsp3) is 0.941. The SMILES string of the molecule is CCCCCCCCCCCCCC(=O)CC(CN)S(=O)(=O)[O-].[Na+]. The van der Waals surface area contributed by atoms with Crippen LogP contribution in [0.5, 0.6) is 0 Å². The van der Waals surface area contributed by atoms with E-state index >= 15 is 0 Å². The number of carbonyl (C=O) groups excluding carboxylic acids is 1. The van der Waals surface area contributed by atoms with Crippen LogP contribution in [0.2, 0.25) is 0 Å². The van der Waals surface area contributed by atoms with Gasteiger partial charge in [-0.2, -0.15) is 0 Å². The van der Waals surface area contributed by atoms with E-state index in [2.05, 4.69) is 6.92 Å². The van der Waals surface area contributed by atoms with Crippen LogP contribution in [0.25, 0.3) is 0 Å². The number of unbranched alkanes of at least 4 members (excludes halogenated alkanes) is 10. The topological polar surface area (TPSA) is 100 Å². The molecule has 0 saturated carbocycles. The minimum Gasteiger partial charge on any atom is -0.748 e. The van der Waals surface area contributed by atoms with Crippen LogP contribution in [-0.4, -0.2) is 30.5 Å². The van der Waals surface area contributed by atoms with E-state index < -0.39 is 15.4 Å². The Morgan fingerprint density at radius 1 is 0.917 bits per heavy atom. The van der Waals surface area contributed by atoms with E-state index in [9.17, 15) is 17.8 Å². The first kappa shape index (κ1) is 26.8. The van der Waals surface area contributed by atoms with Gasteiger partial charge in [0.1, 0.15) is 5.78 Å². The molecule has 0 aliphatic rings. The molecule has 0 aliphatic carbocycles. The van der Waals surface area contributed by atoms with Crippen LogP contribution in [0.15, 0.2) is 0 Å². The predicted molar refractivity (Wildman–Crippen MR) is 93.2 cm³/mol. The van der Waals surface area contributed by atoms with E-state index in [1.165, 1.54) is 51.4 Å². The van der Waals surface area contributed by atoms with E-state index in [0.29, 0.717) is 6.42 Å². The van der Waals surface area contributed by atoms with Crippen molar-refractivity contribution in [3.63, 3.8) is 0 Å². The van der Waals surface area contributed by atoms with Crippen LogP contribution in [0.1, 0.15) is 90.4 Å². The molecule has 2 N–H and O–H groups in total. The first-order valence-corrected chi connectivity index (χ1v) is 10.6. The Labute approximate surface area is 170 Å². The third kappa shape index (κ3) is 16.0. The normalized spacial score (nSPS) is 12.6. The van der Waals surface area contributed by atoms with Crippen LogP contribution in [0, 0.1) is 0 Å². The summed E-state index contributed by atoms with van der Waals surface area (Å²) in [5, 5.41) is -1.26. The van der Waals surface area contributed by atoms with Crippen LogP contribution >= 0.6 is 0 Å². The van der Waals surface area contributed by atoms with Crippen molar-refractivity contribution in [3.05, 3.63) is 0 Å². The molecule has 0 rings (SSSR count). The Bertz CT molecular complexity index is 401. The molecule has 0 aromatic heterocycles. The molecule has 0 aliphatic heterocycles. The molecule has 5 nitrogen and oxygen atoms in total. The smallest absolute Gasteiger partial charge is 0.748 e. The van der Waals surface area contributed by atoms with Gasteiger partial charge in [0.15, 0.2) is 0 Å². The van der Waals surface area contributed by atoms with Gasteiger partial charge in [0, 0.05) is 19.4 Å². The van der Waals surface area contributed by atoms with Crippen molar-refractivity contribution in [2.75, 3.05) is 6.54 Å². The van der Waals surface area contributed by atoms with Crippen LogP contribution < -0.4 is 35.3 Å². The van der Waals surface area contributed by atoms with Gasteiger partial charge in [-0.1, -0.05) is 71.1 Å². The molecule has 24 heavy (non-hydrogen) atoms. The first-order chi connectivity index (χ1) is 10.9. The van der Waals surface area contributed by atoms with Crippen molar-refractivity contribution in [1.82, 2.24) is 0 Å². The molecule has 1 unspecified atom stereocenters. The summed E-state index contributed by atoms with van der Waals surface area (Å²) in [6.45, 7) is 1.94. The number of nitrogens with two attached hydrogens (primary N) is 1. The van der Waals surface area contributed by atoms with Crippen LogP contribution in [0.3, 0.4) is 0 Å². The first-order valence-electron chi connectivity index (χ1n) is 9.08. The standard InChI is InChI=1S/C17H35NO4S.Na/c1-2-3-4-5-6-7-8-9-10-11-12-13-16(19)14-17(15-18)23(20,21)22;/h17H,2-15,18H2,1H3,(H,20,21,22);/q;+1/p-1. The van der Waals surface area contributed by atoms with Gasteiger partial charge < -0.3 is 10.3 Å².